The minimum atomic E-state index is -0.652. The molecule has 1 heterocycles. The highest BCUT2D eigenvalue weighted by atomic mass is 19.1. The van der Waals surface area contributed by atoms with E-state index in [0.717, 1.165) is 12.6 Å². The Balaban J connectivity index is 1.44. The van der Waals surface area contributed by atoms with E-state index in [0.29, 0.717) is 34.9 Å². The zero-order valence-electron chi connectivity index (χ0n) is 17.2. The van der Waals surface area contributed by atoms with Crippen LogP contribution in [0.3, 0.4) is 0 Å². The molecule has 0 spiro atoms. The van der Waals surface area contributed by atoms with Crippen LogP contribution >= 0.6 is 0 Å². The van der Waals surface area contributed by atoms with Gasteiger partial charge in [0.15, 0.2) is 11.5 Å². The van der Waals surface area contributed by atoms with Gasteiger partial charge in [-0.3, -0.25) is 4.79 Å². The second-order valence-electron chi connectivity index (χ2n) is 7.63. The highest BCUT2D eigenvalue weighted by Gasteiger charge is 2.22. The third-order valence-electron chi connectivity index (χ3n) is 4.88. The molecule has 0 radical (unpaired) electrons. The molecule has 0 saturated carbocycles. The zero-order chi connectivity index (χ0) is 22.0. The highest BCUT2D eigenvalue weighted by Crippen LogP contribution is 2.34. The van der Waals surface area contributed by atoms with Crippen LogP contribution in [0, 0.1) is 11.6 Å². The van der Waals surface area contributed by atoms with Gasteiger partial charge in [-0.1, -0.05) is 12.1 Å². The third-order valence-corrected chi connectivity index (χ3v) is 4.88. The second-order valence-corrected chi connectivity index (χ2v) is 7.63. The van der Waals surface area contributed by atoms with Crippen LogP contribution in [-0.4, -0.2) is 44.2 Å². The van der Waals surface area contributed by atoms with E-state index in [-0.39, 0.29) is 17.6 Å². The normalized spacial score (nSPS) is 15.1. The van der Waals surface area contributed by atoms with E-state index in [4.69, 9.17) is 9.47 Å². The van der Waals surface area contributed by atoms with Gasteiger partial charge in [-0.15, -0.1) is 0 Å². The van der Waals surface area contributed by atoms with E-state index in [9.17, 15) is 13.6 Å². The molecule has 1 aliphatic rings. The minimum Gasteiger partial charge on any atom is -0.486 e. The molecule has 1 aliphatic heterocycles. The maximum atomic E-state index is 14.0. The number of nitrogens with one attached hydrogen (secondary N) is 1. The van der Waals surface area contributed by atoms with Crippen molar-refractivity contribution in [1.29, 1.82) is 0 Å². The number of carbonyl (C=O) groups excluding carboxylic acids is 1. The number of benzene rings is 3. The monoisotopic (exact) mass is 424 g/mol. The van der Waals surface area contributed by atoms with Gasteiger partial charge in [0, 0.05) is 35.5 Å². The summed E-state index contributed by atoms with van der Waals surface area (Å²) in [6.45, 7) is 1.18. The predicted octanol–water partition coefficient (Wildman–Crippen LogP) is 4.59. The van der Waals surface area contributed by atoms with Crippen molar-refractivity contribution in [2.75, 3.05) is 32.6 Å². The Morgan fingerprint density at radius 1 is 1.03 bits per heavy atom. The summed E-state index contributed by atoms with van der Waals surface area (Å²) in [5.74, 6) is -0.379. The number of nitrogens with zero attached hydrogens (tertiary/aromatic N) is 1. The quantitative estimate of drug-likeness (QED) is 0.651. The summed E-state index contributed by atoms with van der Waals surface area (Å²) in [4.78, 5) is 14.6. The molecule has 5 nitrogen and oxygen atoms in total. The molecule has 1 unspecified atom stereocenters. The number of carbonyl (C=O) groups is 1. The van der Waals surface area contributed by atoms with Crippen molar-refractivity contribution in [3.63, 3.8) is 0 Å². The number of likely N-dealkylation sites (N-methyl/N-ethyl adjacent to an activating group) is 1. The largest absolute Gasteiger partial charge is 0.486 e. The number of hydrogen-bond acceptors (Lipinski definition) is 4. The van der Waals surface area contributed by atoms with Crippen LogP contribution in [0.15, 0.2) is 60.7 Å². The van der Waals surface area contributed by atoms with Crippen molar-refractivity contribution < 1.29 is 23.0 Å². The van der Waals surface area contributed by atoms with Gasteiger partial charge < -0.3 is 19.7 Å². The number of ether oxygens (including phenoxy) is 2. The number of anilines is 1. The number of halogens is 2. The van der Waals surface area contributed by atoms with Crippen LogP contribution in [0.25, 0.3) is 11.1 Å². The maximum Gasteiger partial charge on any atom is 0.255 e. The maximum absolute atomic E-state index is 14.0. The fourth-order valence-corrected chi connectivity index (χ4v) is 3.42. The summed E-state index contributed by atoms with van der Waals surface area (Å²) in [6.07, 6.45) is -0.0487. The van der Waals surface area contributed by atoms with E-state index >= 15 is 0 Å². The van der Waals surface area contributed by atoms with Gasteiger partial charge in [-0.05, 0) is 56.1 Å². The lowest BCUT2D eigenvalue weighted by Gasteiger charge is -2.28. The first-order valence-electron chi connectivity index (χ1n) is 9.84. The van der Waals surface area contributed by atoms with Crippen molar-refractivity contribution in [3.8, 4) is 22.6 Å². The van der Waals surface area contributed by atoms with Crippen molar-refractivity contribution >= 4 is 11.6 Å². The first-order chi connectivity index (χ1) is 14.9. The van der Waals surface area contributed by atoms with Gasteiger partial charge in [-0.2, -0.15) is 0 Å². The van der Waals surface area contributed by atoms with Gasteiger partial charge in [0.1, 0.15) is 24.3 Å². The molecule has 0 bridgehead atoms. The Hall–Kier alpha value is -3.45. The first kappa shape index (κ1) is 20.8. The Labute approximate surface area is 179 Å². The number of amides is 1. The summed E-state index contributed by atoms with van der Waals surface area (Å²) >= 11 is 0. The second kappa shape index (κ2) is 8.73. The van der Waals surface area contributed by atoms with Gasteiger partial charge in [-0.25, -0.2) is 8.78 Å². The summed E-state index contributed by atoms with van der Waals surface area (Å²) in [5.41, 5.74) is 1.81. The van der Waals surface area contributed by atoms with Crippen molar-refractivity contribution in [1.82, 2.24) is 4.90 Å². The van der Waals surface area contributed by atoms with Gasteiger partial charge in [0.25, 0.3) is 5.91 Å². The van der Waals surface area contributed by atoms with Crippen LogP contribution in [-0.2, 0) is 0 Å². The molecule has 3 aromatic rings. The van der Waals surface area contributed by atoms with Crippen molar-refractivity contribution in [3.05, 3.63) is 77.9 Å². The fraction of sp³-hybridized carbons (Fsp3) is 0.208. The Kier molecular flexibility index (Phi) is 5.86. The lowest BCUT2D eigenvalue weighted by atomic mass is 10.0. The topological polar surface area (TPSA) is 50.8 Å². The average Bonchev–Trinajstić information content (AvgIpc) is 2.73. The first-order valence-corrected chi connectivity index (χ1v) is 9.84. The van der Waals surface area contributed by atoms with Gasteiger partial charge in [0.05, 0.1) is 0 Å². The number of fused-ring (bicyclic) bond motifs is 1. The highest BCUT2D eigenvalue weighted by molar-refractivity contribution is 6.04. The molecular weight excluding hydrogens is 402 g/mol. The minimum absolute atomic E-state index is 0.0487. The molecule has 160 valence electrons. The van der Waals surface area contributed by atoms with E-state index in [1.165, 1.54) is 12.1 Å². The zero-order valence-corrected chi connectivity index (χ0v) is 17.2. The lowest BCUT2D eigenvalue weighted by Crippen LogP contribution is -2.38. The summed E-state index contributed by atoms with van der Waals surface area (Å²) in [5, 5.41) is 2.82. The molecule has 0 fully saturated rings. The molecular formula is C24H22F2N2O3. The van der Waals surface area contributed by atoms with Gasteiger partial charge in [0.2, 0.25) is 0 Å². The fourth-order valence-electron chi connectivity index (χ4n) is 3.42. The SMILES string of the molecule is CN(C)CC1COc2cc(NC(=O)c3ccc(-c4ccc(F)cc4F)cc3)ccc2O1. The lowest BCUT2D eigenvalue weighted by molar-refractivity contribution is 0.0711. The summed E-state index contributed by atoms with van der Waals surface area (Å²) < 4.78 is 38.8. The molecule has 0 saturated heterocycles. The van der Waals surface area contributed by atoms with Crippen LogP contribution in [0.1, 0.15) is 10.4 Å². The Bertz CT molecular complexity index is 1100. The molecule has 31 heavy (non-hydrogen) atoms. The number of rotatable bonds is 5. The average molecular weight is 424 g/mol. The van der Waals surface area contributed by atoms with Gasteiger partial charge >= 0.3 is 0 Å². The third kappa shape index (κ3) is 4.83. The molecule has 4 rings (SSSR count). The van der Waals surface area contributed by atoms with Crippen LogP contribution in [0.2, 0.25) is 0 Å². The summed E-state index contributed by atoms with van der Waals surface area (Å²) in [7, 11) is 3.94. The smallest absolute Gasteiger partial charge is 0.255 e. The van der Waals surface area contributed by atoms with E-state index in [1.807, 2.05) is 19.0 Å². The van der Waals surface area contributed by atoms with E-state index < -0.39 is 11.6 Å². The predicted molar refractivity (Wildman–Crippen MR) is 115 cm³/mol. The molecule has 1 atom stereocenters. The van der Waals surface area contributed by atoms with Crippen molar-refractivity contribution in [2.45, 2.75) is 6.10 Å². The van der Waals surface area contributed by atoms with Crippen molar-refractivity contribution in [2.24, 2.45) is 0 Å². The molecule has 7 heteroatoms. The molecule has 0 aliphatic carbocycles. The molecule has 1 amide bonds. The Morgan fingerprint density at radius 3 is 2.52 bits per heavy atom. The van der Waals surface area contributed by atoms with E-state index in [2.05, 4.69) is 5.32 Å². The standard InChI is InChI=1S/C24H22F2N2O3/c1-28(2)13-19-14-30-23-12-18(8-10-22(23)31-19)27-24(29)16-5-3-15(4-6-16)20-9-7-17(25)11-21(20)26/h3-12,19H,13-14H2,1-2H3,(H,27,29). The van der Waals surface area contributed by atoms with E-state index in [1.54, 1.807) is 42.5 Å². The molecule has 1 N–H and O–H groups in total. The van der Waals surface area contributed by atoms with Crippen LogP contribution in [0.4, 0.5) is 14.5 Å². The number of hydrogen-bond donors (Lipinski definition) is 1. The Morgan fingerprint density at radius 2 is 1.81 bits per heavy atom. The molecule has 0 aromatic heterocycles. The van der Waals surface area contributed by atoms with Crippen LogP contribution in [0.5, 0.6) is 11.5 Å². The van der Waals surface area contributed by atoms with Crippen LogP contribution < -0.4 is 14.8 Å². The summed E-state index contributed by atoms with van der Waals surface area (Å²) in [6, 6.07) is 15.1. The molecule has 3 aromatic carbocycles.